The first-order valence-corrected chi connectivity index (χ1v) is 5.60. The topological polar surface area (TPSA) is 12.0 Å². The minimum absolute atomic E-state index is 0.440. The van der Waals surface area contributed by atoms with Crippen molar-refractivity contribution in [3.63, 3.8) is 0 Å². The molecule has 0 spiro atoms. The fourth-order valence-corrected chi connectivity index (χ4v) is 1.83. The molecule has 1 aromatic rings. The smallest absolute Gasteiger partial charge is 0.136 e. The van der Waals surface area contributed by atoms with Crippen LogP contribution < -0.4 is 5.32 Å². The van der Waals surface area contributed by atoms with Crippen molar-refractivity contribution < 1.29 is 4.39 Å². The molecule has 0 amide bonds. The summed E-state index contributed by atoms with van der Waals surface area (Å²) in [7, 11) is 1.95. The van der Waals surface area contributed by atoms with E-state index < -0.39 is 5.67 Å². The Morgan fingerprint density at radius 1 is 1.47 bits per heavy atom. The van der Waals surface area contributed by atoms with Gasteiger partial charge >= 0.3 is 0 Å². The van der Waals surface area contributed by atoms with E-state index in [0.29, 0.717) is 18.9 Å². The number of nitrogens with one attached hydrogen (secondary N) is 1. The van der Waals surface area contributed by atoms with Crippen LogP contribution in [0.5, 0.6) is 0 Å². The Morgan fingerprint density at radius 2 is 2.20 bits per heavy atom. The molecule has 1 fully saturated rings. The molecule has 1 aliphatic carbocycles. The summed E-state index contributed by atoms with van der Waals surface area (Å²) >= 11 is 0. The van der Waals surface area contributed by atoms with Crippen molar-refractivity contribution in [2.24, 2.45) is 0 Å². The van der Waals surface area contributed by atoms with E-state index in [0.717, 1.165) is 12.0 Å². The monoisotopic (exact) mass is 207 g/mol. The van der Waals surface area contributed by atoms with Gasteiger partial charge in [0.25, 0.3) is 0 Å². The molecule has 1 aromatic carbocycles. The van der Waals surface area contributed by atoms with Crippen LogP contribution in [0.3, 0.4) is 0 Å². The molecule has 0 bridgehead atoms. The lowest BCUT2D eigenvalue weighted by Crippen LogP contribution is -2.23. The molecule has 15 heavy (non-hydrogen) atoms. The second-order valence-electron chi connectivity index (χ2n) is 4.56. The van der Waals surface area contributed by atoms with E-state index in [-0.39, 0.29) is 0 Å². The molecule has 0 radical (unpaired) electrons. The highest BCUT2D eigenvalue weighted by atomic mass is 19.1. The van der Waals surface area contributed by atoms with Crippen molar-refractivity contribution >= 4 is 0 Å². The predicted octanol–water partition coefficient (Wildman–Crippen LogP) is 2.80. The zero-order valence-corrected chi connectivity index (χ0v) is 9.39. The van der Waals surface area contributed by atoms with E-state index in [4.69, 9.17) is 0 Å². The molecule has 2 heteroatoms. The number of rotatable bonds is 4. The van der Waals surface area contributed by atoms with Gasteiger partial charge in [-0.1, -0.05) is 24.3 Å². The summed E-state index contributed by atoms with van der Waals surface area (Å²) in [6.45, 7) is 2.13. The molecule has 1 N–H and O–H groups in total. The molecule has 1 atom stereocenters. The van der Waals surface area contributed by atoms with Crippen LogP contribution in [0.15, 0.2) is 24.3 Å². The van der Waals surface area contributed by atoms with E-state index in [2.05, 4.69) is 18.3 Å². The average Bonchev–Trinajstić information content (AvgIpc) is 2.98. The second-order valence-corrected chi connectivity index (χ2v) is 4.56. The molecule has 1 saturated carbocycles. The van der Waals surface area contributed by atoms with E-state index >= 15 is 0 Å². The van der Waals surface area contributed by atoms with Crippen LogP contribution in [-0.4, -0.2) is 13.1 Å². The Morgan fingerprint density at radius 3 is 2.80 bits per heavy atom. The lowest BCUT2D eigenvalue weighted by atomic mass is 10.0. The molecule has 1 aliphatic rings. The number of hydrogen-bond donors (Lipinski definition) is 1. The highest BCUT2D eigenvalue weighted by molar-refractivity contribution is 5.32. The van der Waals surface area contributed by atoms with Gasteiger partial charge in [0.05, 0.1) is 0 Å². The third kappa shape index (κ3) is 2.37. The summed E-state index contributed by atoms with van der Waals surface area (Å²) in [6.07, 6.45) is 2.34. The number of halogens is 1. The first-order valence-electron chi connectivity index (χ1n) is 5.60. The van der Waals surface area contributed by atoms with Gasteiger partial charge in [0.15, 0.2) is 0 Å². The van der Waals surface area contributed by atoms with Gasteiger partial charge in [0, 0.05) is 6.04 Å². The maximum absolute atomic E-state index is 13.8. The SMILES string of the molecule is CNC(C)Cc1cccc(C2(F)CC2)c1. The Labute approximate surface area is 90.7 Å². The first kappa shape index (κ1) is 10.6. The maximum Gasteiger partial charge on any atom is 0.136 e. The standard InChI is InChI=1S/C13H18FN/c1-10(15-2)8-11-4-3-5-12(9-11)13(14)6-7-13/h3-5,9-10,15H,6-8H2,1-2H3. The van der Waals surface area contributed by atoms with E-state index in [1.54, 1.807) is 0 Å². The molecule has 82 valence electrons. The van der Waals surface area contributed by atoms with Crippen molar-refractivity contribution in [2.75, 3.05) is 7.05 Å². The normalized spacial score (nSPS) is 19.9. The van der Waals surface area contributed by atoms with E-state index in [9.17, 15) is 4.39 Å². The molecule has 2 rings (SSSR count). The Bertz CT molecular complexity index is 344. The van der Waals surface area contributed by atoms with Crippen LogP contribution in [0.25, 0.3) is 0 Å². The summed E-state index contributed by atoms with van der Waals surface area (Å²) in [5, 5.41) is 3.19. The van der Waals surface area contributed by atoms with Gasteiger partial charge in [0.2, 0.25) is 0 Å². The van der Waals surface area contributed by atoms with Crippen LogP contribution >= 0.6 is 0 Å². The lowest BCUT2D eigenvalue weighted by Gasteiger charge is -2.12. The summed E-state index contributed by atoms with van der Waals surface area (Å²) in [4.78, 5) is 0. The largest absolute Gasteiger partial charge is 0.317 e. The maximum atomic E-state index is 13.8. The minimum atomic E-state index is -1.00. The predicted molar refractivity (Wildman–Crippen MR) is 60.7 cm³/mol. The molecule has 1 nitrogen and oxygen atoms in total. The highest BCUT2D eigenvalue weighted by Crippen LogP contribution is 2.49. The quantitative estimate of drug-likeness (QED) is 0.800. The molecular formula is C13H18FN. The Hall–Kier alpha value is -0.890. The van der Waals surface area contributed by atoms with Crippen LogP contribution in [-0.2, 0) is 12.1 Å². The number of alkyl halides is 1. The zero-order valence-electron chi connectivity index (χ0n) is 9.39. The van der Waals surface area contributed by atoms with Gasteiger partial charge in [-0.25, -0.2) is 4.39 Å². The van der Waals surface area contributed by atoms with Crippen LogP contribution in [0, 0.1) is 0 Å². The van der Waals surface area contributed by atoms with Gasteiger partial charge in [-0.05, 0) is 44.4 Å². The molecule has 0 heterocycles. The van der Waals surface area contributed by atoms with Gasteiger partial charge in [0.1, 0.15) is 5.67 Å². The van der Waals surface area contributed by atoms with E-state index in [1.165, 1.54) is 5.56 Å². The summed E-state index contributed by atoms with van der Waals surface area (Å²) in [6, 6.07) is 8.40. The van der Waals surface area contributed by atoms with Crippen molar-refractivity contribution in [1.82, 2.24) is 5.32 Å². The fraction of sp³-hybridized carbons (Fsp3) is 0.538. The van der Waals surface area contributed by atoms with Crippen LogP contribution in [0.2, 0.25) is 0 Å². The van der Waals surface area contributed by atoms with Crippen molar-refractivity contribution in [1.29, 1.82) is 0 Å². The van der Waals surface area contributed by atoms with Crippen molar-refractivity contribution in [3.8, 4) is 0 Å². The zero-order chi connectivity index (χ0) is 10.9. The molecular weight excluding hydrogens is 189 g/mol. The summed E-state index contributed by atoms with van der Waals surface area (Å²) in [5.41, 5.74) is 1.08. The van der Waals surface area contributed by atoms with Crippen LogP contribution in [0.4, 0.5) is 4.39 Å². The van der Waals surface area contributed by atoms with Crippen molar-refractivity contribution in [2.45, 2.75) is 37.9 Å². The Balaban J connectivity index is 2.12. The summed E-state index contributed by atoms with van der Waals surface area (Å²) in [5.74, 6) is 0. The third-order valence-corrected chi connectivity index (χ3v) is 3.17. The average molecular weight is 207 g/mol. The number of benzene rings is 1. The van der Waals surface area contributed by atoms with Gasteiger partial charge < -0.3 is 5.32 Å². The van der Waals surface area contributed by atoms with Gasteiger partial charge in [-0.3, -0.25) is 0 Å². The van der Waals surface area contributed by atoms with Crippen molar-refractivity contribution in [3.05, 3.63) is 35.4 Å². The van der Waals surface area contributed by atoms with E-state index in [1.807, 2.05) is 25.2 Å². The minimum Gasteiger partial charge on any atom is -0.317 e. The third-order valence-electron chi connectivity index (χ3n) is 3.17. The second kappa shape index (κ2) is 3.93. The number of hydrogen-bond acceptors (Lipinski definition) is 1. The van der Waals surface area contributed by atoms with Gasteiger partial charge in [-0.2, -0.15) is 0 Å². The fourth-order valence-electron chi connectivity index (χ4n) is 1.83. The number of likely N-dealkylation sites (N-methyl/N-ethyl adjacent to an activating group) is 1. The van der Waals surface area contributed by atoms with Gasteiger partial charge in [-0.15, -0.1) is 0 Å². The molecule has 1 unspecified atom stereocenters. The molecule has 0 aliphatic heterocycles. The summed E-state index contributed by atoms with van der Waals surface area (Å²) < 4.78 is 13.8. The molecule has 0 aromatic heterocycles. The van der Waals surface area contributed by atoms with Crippen LogP contribution in [0.1, 0.15) is 30.9 Å². The molecule has 0 saturated heterocycles. The lowest BCUT2D eigenvalue weighted by molar-refractivity contribution is 0.317. The first-order chi connectivity index (χ1) is 7.14. The highest BCUT2D eigenvalue weighted by Gasteiger charge is 2.44. The Kier molecular flexibility index (Phi) is 2.79.